The lowest BCUT2D eigenvalue weighted by Gasteiger charge is -2.34. The van der Waals surface area contributed by atoms with Gasteiger partial charge >= 0.3 is 0 Å². The Labute approximate surface area is 216 Å². The molecule has 0 saturated carbocycles. The van der Waals surface area contributed by atoms with Gasteiger partial charge in [0, 0.05) is 24.3 Å². The first-order valence-electron chi connectivity index (χ1n) is 13.9. The molecular weight excluding hydrogens is 453 g/mol. The zero-order valence-corrected chi connectivity index (χ0v) is 22.6. The highest BCUT2D eigenvalue weighted by molar-refractivity contribution is 5.40. The minimum Gasteiger partial charge on any atom is -0.385 e. The minimum absolute atomic E-state index is 0.0227. The molecule has 5 nitrogen and oxygen atoms in total. The SMILES string of the molecule is CC.CCC/C=C(/C1=CC=CC(F)=CC1)C1CCN(CCc2c(C)nc3n(c2=O)CCCC3O)CC1. The molecule has 1 fully saturated rings. The summed E-state index contributed by atoms with van der Waals surface area (Å²) in [5.41, 5.74) is 4.19. The summed E-state index contributed by atoms with van der Waals surface area (Å²) in [5, 5.41) is 10.2. The van der Waals surface area contributed by atoms with Crippen molar-refractivity contribution in [3.8, 4) is 0 Å². The number of rotatable bonds is 7. The Hall–Kier alpha value is -2.31. The van der Waals surface area contributed by atoms with E-state index >= 15 is 0 Å². The third-order valence-corrected chi connectivity index (χ3v) is 7.46. The zero-order chi connectivity index (χ0) is 26.1. The molecule has 198 valence electrons. The van der Waals surface area contributed by atoms with Crippen LogP contribution in [0.4, 0.5) is 4.39 Å². The number of allylic oxidation sites excluding steroid dienone is 8. The Morgan fingerprint density at radius 1 is 1.22 bits per heavy atom. The predicted molar refractivity (Wildman–Crippen MR) is 146 cm³/mol. The van der Waals surface area contributed by atoms with Crippen molar-refractivity contribution in [2.75, 3.05) is 19.6 Å². The fourth-order valence-electron chi connectivity index (χ4n) is 5.46. The molecule has 1 aromatic heterocycles. The first-order valence-corrected chi connectivity index (χ1v) is 13.9. The van der Waals surface area contributed by atoms with E-state index in [2.05, 4.69) is 29.0 Å². The number of halogens is 1. The van der Waals surface area contributed by atoms with Crippen LogP contribution in [0, 0.1) is 12.8 Å². The van der Waals surface area contributed by atoms with E-state index in [9.17, 15) is 14.3 Å². The summed E-state index contributed by atoms with van der Waals surface area (Å²) in [6, 6.07) is 0. The van der Waals surface area contributed by atoms with Gasteiger partial charge in [0.15, 0.2) is 0 Å². The topological polar surface area (TPSA) is 58.4 Å². The average molecular weight is 498 g/mol. The molecule has 6 heteroatoms. The van der Waals surface area contributed by atoms with E-state index in [1.165, 1.54) is 17.2 Å². The number of likely N-dealkylation sites (tertiary alicyclic amines) is 1. The van der Waals surface area contributed by atoms with Crippen molar-refractivity contribution in [2.24, 2.45) is 5.92 Å². The lowest BCUT2D eigenvalue weighted by atomic mass is 9.83. The standard InChI is InChI=1S/C28H38FN3O2.C2H6/c1-3-4-9-25(21-7-5-8-23(29)12-11-21)22-13-17-31(18-14-22)19-15-24-20(2)30-27-26(33)10-6-16-32(27)28(24)34;1-2/h5,7-9,12,22,26,33H,3-4,6,10-11,13-19H2,1-2H3;1-2H3/b25-9-;. The van der Waals surface area contributed by atoms with Crippen molar-refractivity contribution in [1.29, 1.82) is 0 Å². The summed E-state index contributed by atoms with van der Waals surface area (Å²) in [7, 11) is 0. The molecule has 2 aliphatic heterocycles. The maximum Gasteiger partial charge on any atom is 0.257 e. The number of aromatic nitrogens is 2. The Kier molecular flexibility index (Phi) is 10.9. The van der Waals surface area contributed by atoms with Crippen LogP contribution in [0.15, 0.2) is 52.1 Å². The number of nitrogens with zero attached hydrogens (tertiary/aromatic N) is 3. The van der Waals surface area contributed by atoms with Gasteiger partial charge < -0.3 is 10.0 Å². The number of aliphatic hydroxyl groups excluding tert-OH is 1. The molecular formula is C30H44FN3O2. The second-order valence-electron chi connectivity index (χ2n) is 9.81. The van der Waals surface area contributed by atoms with Crippen LogP contribution in [-0.2, 0) is 13.0 Å². The Balaban J connectivity index is 0.00000176. The highest BCUT2D eigenvalue weighted by Crippen LogP contribution is 2.33. The molecule has 0 spiro atoms. The number of hydrogen-bond acceptors (Lipinski definition) is 4. The van der Waals surface area contributed by atoms with Crippen LogP contribution in [0.2, 0.25) is 0 Å². The van der Waals surface area contributed by atoms with Gasteiger partial charge in [-0.3, -0.25) is 9.36 Å². The average Bonchev–Trinajstić information content (AvgIpc) is 3.11. The molecule has 3 heterocycles. The van der Waals surface area contributed by atoms with Crippen LogP contribution in [-0.4, -0.2) is 39.2 Å². The fourth-order valence-corrected chi connectivity index (χ4v) is 5.46. The van der Waals surface area contributed by atoms with Crippen molar-refractivity contribution in [3.05, 3.63) is 74.8 Å². The van der Waals surface area contributed by atoms with Gasteiger partial charge in [0.25, 0.3) is 5.56 Å². The van der Waals surface area contributed by atoms with E-state index in [-0.39, 0.29) is 11.4 Å². The molecule has 1 unspecified atom stereocenters. The summed E-state index contributed by atoms with van der Waals surface area (Å²) in [4.78, 5) is 20.1. The fraction of sp³-hybridized carbons (Fsp3) is 0.600. The van der Waals surface area contributed by atoms with Gasteiger partial charge in [0.2, 0.25) is 0 Å². The Morgan fingerprint density at radius 3 is 2.69 bits per heavy atom. The molecule has 0 aromatic carbocycles. The van der Waals surface area contributed by atoms with Gasteiger partial charge in [-0.25, -0.2) is 9.37 Å². The lowest BCUT2D eigenvalue weighted by Crippen LogP contribution is -2.38. The van der Waals surface area contributed by atoms with E-state index in [0.29, 0.717) is 37.5 Å². The van der Waals surface area contributed by atoms with E-state index in [1.54, 1.807) is 10.6 Å². The number of aryl methyl sites for hydroxylation is 1. The lowest BCUT2D eigenvalue weighted by molar-refractivity contribution is 0.129. The number of hydrogen-bond donors (Lipinski definition) is 1. The molecule has 1 aromatic rings. The van der Waals surface area contributed by atoms with Gasteiger partial charge in [0.1, 0.15) is 17.8 Å². The number of piperidine rings is 1. The summed E-state index contributed by atoms with van der Waals surface area (Å²) in [6.07, 6.45) is 16.0. The number of aliphatic hydroxyl groups is 1. The predicted octanol–water partition coefficient (Wildman–Crippen LogP) is 6.13. The zero-order valence-electron chi connectivity index (χ0n) is 22.6. The second kappa shape index (κ2) is 13.8. The maximum absolute atomic E-state index is 13.7. The van der Waals surface area contributed by atoms with Gasteiger partial charge in [0.05, 0.1) is 0 Å². The Morgan fingerprint density at radius 2 is 1.97 bits per heavy atom. The highest BCUT2D eigenvalue weighted by Gasteiger charge is 2.26. The van der Waals surface area contributed by atoms with Crippen LogP contribution in [0.5, 0.6) is 0 Å². The third kappa shape index (κ3) is 6.92. The second-order valence-corrected chi connectivity index (χ2v) is 9.81. The summed E-state index contributed by atoms with van der Waals surface area (Å²) >= 11 is 0. The van der Waals surface area contributed by atoms with Crippen LogP contribution >= 0.6 is 0 Å². The van der Waals surface area contributed by atoms with Crippen LogP contribution in [0.1, 0.15) is 88.9 Å². The van der Waals surface area contributed by atoms with E-state index in [1.807, 2.05) is 26.8 Å². The molecule has 1 aliphatic carbocycles. The third-order valence-electron chi connectivity index (χ3n) is 7.46. The van der Waals surface area contributed by atoms with Gasteiger partial charge in [-0.15, -0.1) is 0 Å². The molecule has 0 radical (unpaired) electrons. The van der Waals surface area contributed by atoms with E-state index < -0.39 is 6.10 Å². The van der Waals surface area contributed by atoms with Crippen molar-refractivity contribution in [2.45, 2.75) is 91.7 Å². The van der Waals surface area contributed by atoms with Gasteiger partial charge in [-0.2, -0.15) is 0 Å². The molecule has 4 rings (SSSR count). The van der Waals surface area contributed by atoms with E-state index in [0.717, 1.165) is 63.0 Å². The van der Waals surface area contributed by atoms with Crippen LogP contribution in [0.3, 0.4) is 0 Å². The van der Waals surface area contributed by atoms with Crippen molar-refractivity contribution in [1.82, 2.24) is 14.5 Å². The highest BCUT2D eigenvalue weighted by atomic mass is 19.1. The molecule has 3 aliphatic rings. The smallest absolute Gasteiger partial charge is 0.257 e. The monoisotopic (exact) mass is 497 g/mol. The molecule has 36 heavy (non-hydrogen) atoms. The Bertz CT molecular complexity index is 1060. The van der Waals surface area contributed by atoms with E-state index in [4.69, 9.17) is 0 Å². The molecule has 1 saturated heterocycles. The van der Waals surface area contributed by atoms with Crippen molar-refractivity contribution >= 4 is 0 Å². The molecule has 1 atom stereocenters. The van der Waals surface area contributed by atoms with Crippen molar-refractivity contribution in [3.63, 3.8) is 0 Å². The first-order chi connectivity index (χ1) is 17.5. The molecule has 0 bridgehead atoms. The summed E-state index contributed by atoms with van der Waals surface area (Å²) < 4.78 is 15.4. The van der Waals surface area contributed by atoms with Crippen LogP contribution < -0.4 is 5.56 Å². The normalized spacial score (nSPS) is 21.2. The van der Waals surface area contributed by atoms with Gasteiger partial charge in [-0.1, -0.05) is 45.4 Å². The quantitative estimate of drug-likeness (QED) is 0.493. The summed E-state index contributed by atoms with van der Waals surface area (Å²) in [5.74, 6) is 0.867. The van der Waals surface area contributed by atoms with Crippen molar-refractivity contribution < 1.29 is 9.50 Å². The minimum atomic E-state index is -0.630. The largest absolute Gasteiger partial charge is 0.385 e. The van der Waals surface area contributed by atoms with Crippen LogP contribution in [0.25, 0.3) is 0 Å². The number of fused-ring (bicyclic) bond motifs is 1. The number of unbranched alkanes of at least 4 members (excludes halogenated alkanes) is 1. The van der Waals surface area contributed by atoms with Gasteiger partial charge in [-0.05, 0) is 94.2 Å². The first kappa shape index (κ1) is 28.3. The molecule has 0 amide bonds. The maximum atomic E-state index is 13.7. The molecule has 1 N–H and O–H groups in total. The summed E-state index contributed by atoms with van der Waals surface area (Å²) in [6.45, 7) is 11.6.